The molecule has 21 nitrogen and oxygen atoms in total. The largest absolute Gasteiger partial charge is 0.497 e. The number of carboxylic acids is 8. The quantitative estimate of drug-likeness (QED) is 0.0198. The highest BCUT2D eigenvalue weighted by molar-refractivity contribution is 14.2. The van der Waals surface area contributed by atoms with Crippen molar-refractivity contribution >= 4 is 136 Å². The molecule has 29 heteroatoms. The Balaban J connectivity index is 8.68. The fourth-order valence-electron chi connectivity index (χ4n) is 9.21. The fourth-order valence-corrected chi connectivity index (χ4v) is 23.9. The minimum absolute atomic E-state index is 0.260. The van der Waals surface area contributed by atoms with Gasteiger partial charge in [-0.1, -0.05) is 69.0 Å². The first-order valence-electron chi connectivity index (χ1n) is 21.4. The predicted octanol–water partition coefficient (Wildman–Crippen LogP) is 6.09. The SMILES string of the molecule is [B]P(I)C(C)(CC(C(=O)O)C(C(=O)O)C(CC)[Si](OCC)(OCC)O[Si](OCC)(OCC)C(CC)C(C(=O)O)C(CC(C)(P[B]I)C(C(=O)O)C(C)C(=O)O)C(=O)O)C(C(=O)O)C(C)C(=O)O. The Morgan fingerprint density at radius 1 is 0.582 bits per heavy atom. The van der Waals surface area contributed by atoms with E-state index < -0.39 is 161 Å². The van der Waals surface area contributed by atoms with E-state index >= 15 is 0 Å². The van der Waals surface area contributed by atoms with Crippen molar-refractivity contribution in [3.05, 3.63) is 0 Å². The molecule has 0 amide bonds. The average Bonchev–Trinajstić information content (AvgIpc) is 3.19. The van der Waals surface area contributed by atoms with Crippen molar-refractivity contribution in [1.82, 2.24) is 0 Å². The summed E-state index contributed by atoms with van der Waals surface area (Å²) in [6.45, 7) is 12.7. The van der Waals surface area contributed by atoms with Crippen molar-refractivity contribution in [1.29, 1.82) is 0 Å². The van der Waals surface area contributed by atoms with Gasteiger partial charge in [0, 0.05) is 42.7 Å². The lowest BCUT2D eigenvalue weighted by Crippen LogP contribution is -2.66. The van der Waals surface area contributed by atoms with E-state index in [9.17, 15) is 79.2 Å². The number of hydrogen-bond acceptors (Lipinski definition) is 13. The summed E-state index contributed by atoms with van der Waals surface area (Å²) in [6, 6.07) is 0. The van der Waals surface area contributed by atoms with Crippen LogP contribution in [0.1, 0.15) is 94.9 Å². The summed E-state index contributed by atoms with van der Waals surface area (Å²) >= 11 is 3.51. The molecule has 0 aromatic carbocycles. The molecular formula is C38H65B2I2O21P2Si2. The summed E-state index contributed by atoms with van der Waals surface area (Å²) in [5, 5.41) is 81.2. The zero-order valence-electron chi connectivity index (χ0n) is 39.2. The summed E-state index contributed by atoms with van der Waals surface area (Å²) in [4.78, 5) is 106. The number of hydrogen-bond donors (Lipinski definition) is 8. The van der Waals surface area contributed by atoms with Crippen molar-refractivity contribution in [2.75, 3.05) is 26.4 Å². The van der Waals surface area contributed by atoms with Crippen LogP contribution in [-0.2, 0) is 60.2 Å². The van der Waals surface area contributed by atoms with Crippen molar-refractivity contribution in [3.8, 4) is 0 Å². The van der Waals surface area contributed by atoms with Crippen LogP contribution in [0.5, 0.6) is 0 Å². The fraction of sp³-hybridized carbons (Fsp3) is 0.789. The summed E-state index contributed by atoms with van der Waals surface area (Å²) in [7, 11) is -4.01. The van der Waals surface area contributed by atoms with Crippen molar-refractivity contribution < 1.29 is 101 Å². The third-order valence-corrected chi connectivity index (χ3v) is 27.6. The Kier molecular flexibility index (Phi) is 28.4. The first kappa shape index (κ1) is 65.4. The van der Waals surface area contributed by atoms with Gasteiger partial charge in [-0.15, -0.1) is 8.46 Å². The smallest absolute Gasteiger partial charge is 0.481 e. The molecule has 0 saturated heterocycles. The summed E-state index contributed by atoms with van der Waals surface area (Å²) in [6.07, 6.45) is -1.99. The molecule has 3 radical (unpaired) electrons. The third kappa shape index (κ3) is 16.2. The minimum Gasteiger partial charge on any atom is -0.481 e. The molecule has 8 N–H and O–H groups in total. The Bertz CT molecular complexity index is 1710. The van der Waals surface area contributed by atoms with Crippen LogP contribution in [0, 0.1) is 47.3 Å². The van der Waals surface area contributed by atoms with Gasteiger partial charge in [0.15, 0.2) is 0 Å². The van der Waals surface area contributed by atoms with Crippen LogP contribution in [0.15, 0.2) is 0 Å². The maximum Gasteiger partial charge on any atom is 0.497 e. The molecule has 67 heavy (non-hydrogen) atoms. The summed E-state index contributed by atoms with van der Waals surface area (Å²) in [5.41, 5.74) is -5.21. The zero-order chi connectivity index (χ0) is 52.6. The molecule has 0 aliphatic carbocycles. The van der Waals surface area contributed by atoms with Crippen LogP contribution in [0.3, 0.4) is 0 Å². The van der Waals surface area contributed by atoms with E-state index in [4.69, 9.17) is 29.4 Å². The molecule has 0 fully saturated rings. The monoisotopic (exact) mass is 1250 g/mol. The summed E-state index contributed by atoms with van der Waals surface area (Å²) in [5.74, 6) is -27.8. The Hall–Kier alpha value is -1.56. The highest BCUT2D eigenvalue weighted by Gasteiger charge is 2.67. The van der Waals surface area contributed by atoms with Crippen LogP contribution in [-0.4, -0.2) is 155 Å². The van der Waals surface area contributed by atoms with Gasteiger partial charge in [0.1, 0.15) is 7.57 Å². The predicted molar refractivity (Wildman–Crippen MR) is 268 cm³/mol. The van der Waals surface area contributed by atoms with Crippen LogP contribution < -0.4 is 0 Å². The molecule has 0 bridgehead atoms. The third-order valence-electron chi connectivity index (χ3n) is 12.2. The van der Waals surface area contributed by atoms with Gasteiger partial charge < -0.3 is 62.7 Å². The van der Waals surface area contributed by atoms with Gasteiger partial charge in [0.25, 0.3) is 0 Å². The van der Waals surface area contributed by atoms with Gasteiger partial charge in [0.05, 0.1) is 47.3 Å². The van der Waals surface area contributed by atoms with Gasteiger partial charge in [-0.25, -0.2) is 0 Å². The molecule has 0 rings (SSSR count). The van der Waals surface area contributed by atoms with Crippen molar-refractivity contribution in [3.63, 3.8) is 0 Å². The number of halogens is 2. The second-order valence-electron chi connectivity index (χ2n) is 16.3. The highest BCUT2D eigenvalue weighted by atomic mass is 127. The minimum atomic E-state index is -4.96. The first-order valence-corrected chi connectivity index (χ1v) is 31.5. The van der Waals surface area contributed by atoms with Crippen molar-refractivity contribution in [2.45, 2.75) is 116 Å². The molecule has 0 heterocycles. The number of carbonyl (C=O) groups is 8. The van der Waals surface area contributed by atoms with Crippen LogP contribution in [0.4, 0.5) is 0 Å². The van der Waals surface area contributed by atoms with Crippen LogP contribution in [0.25, 0.3) is 0 Å². The standard InChI is InChI=1S/C38H65B2I2O21P2Si2/c1-11-23(25(33(51)52)21(31(47)48)17-37(9,64-40-41)27(35(55)56)19(7)29(43)44)66(59-13-3,60-14-4)63-67(61-15-5,62-16-6)24(12-2)26(34(53)54)22(32(49)50)18-38(10,65(39)42)28(36(57)58)20(8)30(45)46/h19-28,64H,11-18H2,1-10H3,(H,43,44)(H,45,46)(H,47,48)(H,49,50)(H,51,52)(H,53,54)(H,55,56)(H,57,58). The average molecular weight is 1250 g/mol. The number of carboxylic acid groups (broad SMARTS) is 8. The van der Waals surface area contributed by atoms with E-state index in [-0.39, 0.29) is 39.3 Å². The maximum absolute atomic E-state index is 13.7. The molecule has 0 spiro atoms. The molecule has 0 aliphatic heterocycles. The van der Waals surface area contributed by atoms with E-state index in [0.29, 0.717) is 0 Å². The van der Waals surface area contributed by atoms with E-state index in [0.717, 1.165) is 13.8 Å². The molecule has 14 unspecified atom stereocenters. The van der Waals surface area contributed by atoms with Gasteiger partial charge in [-0.05, 0) is 58.5 Å². The van der Waals surface area contributed by atoms with Gasteiger partial charge >= 0.3 is 65.4 Å². The van der Waals surface area contributed by atoms with Crippen LogP contribution >= 0.6 is 58.3 Å². The second-order valence-corrected chi connectivity index (χ2v) is 30.5. The second kappa shape index (κ2) is 29.1. The van der Waals surface area contributed by atoms with Crippen molar-refractivity contribution in [2.24, 2.45) is 47.3 Å². The Morgan fingerprint density at radius 3 is 1.15 bits per heavy atom. The lowest BCUT2D eigenvalue weighted by atomic mass is 9.74. The van der Waals surface area contributed by atoms with E-state index in [1.54, 1.807) is 22.0 Å². The zero-order valence-corrected chi connectivity index (χ0v) is 47.4. The Labute approximate surface area is 424 Å². The summed E-state index contributed by atoms with van der Waals surface area (Å²) < 4.78 is 32.4. The van der Waals surface area contributed by atoms with E-state index in [1.807, 2.05) is 22.4 Å². The molecule has 0 aromatic rings. The number of rotatable bonds is 37. The molecule has 0 aromatic heterocycles. The van der Waals surface area contributed by atoms with E-state index in [2.05, 4.69) is 0 Å². The van der Waals surface area contributed by atoms with E-state index in [1.165, 1.54) is 60.2 Å². The van der Waals surface area contributed by atoms with Gasteiger partial charge in [0.2, 0.25) is 4.86 Å². The molecule has 0 saturated carbocycles. The normalized spacial score (nSPS) is 19.2. The number of aliphatic carboxylic acids is 8. The van der Waals surface area contributed by atoms with Crippen LogP contribution in [0.2, 0.25) is 11.1 Å². The molecule has 381 valence electrons. The lowest BCUT2D eigenvalue weighted by Gasteiger charge is -2.48. The molecule has 14 atom stereocenters. The topological polar surface area (TPSA) is 345 Å². The van der Waals surface area contributed by atoms with Gasteiger partial charge in [-0.3, -0.25) is 38.4 Å². The first-order chi connectivity index (χ1) is 30.9. The highest BCUT2D eigenvalue weighted by Crippen LogP contribution is 2.62. The Morgan fingerprint density at radius 2 is 0.910 bits per heavy atom. The molecular weight excluding hydrogens is 1190 g/mol. The maximum atomic E-state index is 13.7. The molecule has 0 aliphatic rings. The lowest BCUT2D eigenvalue weighted by molar-refractivity contribution is -0.158. The van der Waals surface area contributed by atoms with Gasteiger partial charge in [-0.2, -0.15) is 22.4 Å².